The van der Waals surface area contributed by atoms with E-state index in [0.717, 1.165) is 16.2 Å². The second kappa shape index (κ2) is 12.4. The van der Waals surface area contributed by atoms with Crippen molar-refractivity contribution in [1.29, 1.82) is 0 Å². The van der Waals surface area contributed by atoms with Gasteiger partial charge in [0.2, 0.25) is 0 Å². The molecule has 3 atom stereocenters. The molecule has 0 spiro atoms. The highest BCUT2D eigenvalue weighted by molar-refractivity contribution is 7.54. The van der Waals surface area contributed by atoms with Crippen LogP contribution in [0.25, 0.3) is 0 Å². The Hall–Kier alpha value is -1.61. The molecule has 1 saturated heterocycles. The van der Waals surface area contributed by atoms with Crippen molar-refractivity contribution in [3.63, 3.8) is 0 Å². The van der Waals surface area contributed by atoms with E-state index in [1.807, 2.05) is 60.7 Å². The zero-order valence-corrected chi connectivity index (χ0v) is 21.2. The van der Waals surface area contributed by atoms with Crippen LogP contribution in [0.5, 0.6) is 0 Å². The summed E-state index contributed by atoms with van der Waals surface area (Å²) in [6, 6.07) is 19.2. The first-order valence-corrected chi connectivity index (χ1v) is 13.2. The molecule has 1 aliphatic heterocycles. The van der Waals surface area contributed by atoms with E-state index >= 15 is 0 Å². The average Bonchev–Trinajstić information content (AvgIpc) is 3.09. The van der Waals surface area contributed by atoms with Gasteiger partial charge in [-0.1, -0.05) is 60.7 Å². The molecule has 0 unspecified atom stereocenters. The highest BCUT2D eigenvalue weighted by atomic mass is 31.2. The molecule has 188 valence electrons. The van der Waals surface area contributed by atoms with Crippen LogP contribution >= 0.6 is 7.60 Å². The standard InChI is InChI=1S/C25H36NO7P/c1-5-30-34(28,31-6-2)24(26(27)17-20-13-9-7-10-14-20)23-22(32-25(3,4)33-23)19-29-18-21-15-11-8-12-16-21/h7-16,22-24,27H,5-6,17-19H2,1-4H3/t22-,23+,24-/m0/s1. The quantitative estimate of drug-likeness (QED) is 0.301. The smallest absolute Gasteiger partial charge is 0.352 e. The number of hydroxylamine groups is 2. The fourth-order valence-electron chi connectivity index (χ4n) is 4.04. The van der Waals surface area contributed by atoms with E-state index in [9.17, 15) is 9.77 Å². The fourth-order valence-corrected chi connectivity index (χ4v) is 6.16. The Morgan fingerprint density at radius 2 is 1.53 bits per heavy atom. The van der Waals surface area contributed by atoms with Crippen molar-refractivity contribution in [3.8, 4) is 0 Å². The van der Waals surface area contributed by atoms with Crippen molar-refractivity contribution in [1.82, 2.24) is 5.06 Å². The van der Waals surface area contributed by atoms with Gasteiger partial charge in [0.15, 0.2) is 11.6 Å². The molecule has 0 radical (unpaired) electrons. The molecule has 0 aliphatic carbocycles. The van der Waals surface area contributed by atoms with Gasteiger partial charge in [-0.15, -0.1) is 0 Å². The van der Waals surface area contributed by atoms with Crippen molar-refractivity contribution >= 4 is 7.60 Å². The molecule has 2 aromatic rings. The van der Waals surface area contributed by atoms with Crippen LogP contribution in [0.3, 0.4) is 0 Å². The number of rotatable bonds is 13. The third-order valence-electron chi connectivity index (χ3n) is 5.34. The predicted octanol–water partition coefficient (Wildman–Crippen LogP) is 5.21. The monoisotopic (exact) mass is 493 g/mol. The minimum Gasteiger partial charge on any atom is -0.374 e. The van der Waals surface area contributed by atoms with E-state index in [0.29, 0.717) is 6.61 Å². The zero-order chi connectivity index (χ0) is 24.6. The van der Waals surface area contributed by atoms with Gasteiger partial charge in [0.25, 0.3) is 0 Å². The number of hydrogen-bond acceptors (Lipinski definition) is 8. The van der Waals surface area contributed by atoms with Gasteiger partial charge in [-0.25, -0.2) is 0 Å². The third kappa shape index (κ3) is 7.20. The van der Waals surface area contributed by atoms with Gasteiger partial charge in [-0.05, 0) is 38.8 Å². The molecule has 0 bridgehead atoms. The molecular formula is C25H36NO7P. The van der Waals surface area contributed by atoms with Crippen molar-refractivity contribution in [2.45, 2.75) is 64.6 Å². The molecule has 3 rings (SSSR count). The maximum Gasteiger partial charge on any atom is 0.352 e. The Morgan fingerprint density at radius 3 is 2.09 bits per heavy atom. The van der Waals surface area contributed by atoms with Crippen LogP contribution in [0.15, 0.2) is 60.7 Å². The Bertz CT molecular complexity index is 902. The minimum absolute atomic E-state index is 0.105. The molecule has 9 heteroatoms. The summed E-state index contributed by atoms with van der Waals surface area (Å²) in [5.41, 5.74) is 1.86. The molecule has 1 fully saturated rings. The van der Waals surface area contributed by atoms with Crippen LogP contribution in [-0.4, -0.2) is 53.9 Å². The second-order valence-electron chi connectivity index (χ2n) is 8.51. The van der Waals surface area contributed by atoms with Gasteiger partial charge in [0, 0.05) is 6.54 Å². The van der Waals surface area contributed by atoms with Gasteiger partial charge < -0.3 is 28.5 Å². The molecule has 34 heavy (non-hydrogen) atoms. The number of benzene rings is 2. The molecular weight excluding hydrogens is 457 g/mol. The lowest BCUT2D eigenvalue weighted by atomic mass is 10.2. The Morgan fingerprint density at radius 1 is 0.971 bits per heavy atom. The molecule has 1 N–H and O–H groups in total. The van der Waals surface area contributed by atoms with Gasteiger partial charge in [-0.3, -0.25) is 4.57 Å². The Balaban J connectivity index is 1.86. The number of hydrogen-bond donors (Lipinski definition) is 1. The SMILES string of the molecule is CCOP(=O)(OCC)[C@@H]([C@@H]1OC(C)(C)O[C@H]1COCc1ccccc1)N(O)Cc1ccccc1. The van der Waals surface area contributed by atoms with Crippen molar-refractivity contribution in [2.75, 3.05) is 19.8 Å². The molecule has 0 aromatic heterocycles. The molecule has 0 amide bonds. The van der Waals surface area contributed by atoms with Crippen molar-refractivity contribution < 1.29 is 33.0 Å². The summed E-state index contributed by atoms with van der Waals surface area (Å²) >= 11 is 0. The first-order valence-electron chi connectivity index (χ1n) is 11.6. The molecule has 1 aliphatic rings. The van der Waals surface area contributed by atoms with Crippen LogP contribution in [0.1, 0.15) is 38.8 Å². The summed E-state index contributed by atoms with van der Waals surface area (Å²) in [5, 5.41) is 12.2. The van der Waals surface area contributed by atoms with Gasteiger partial charge in [0.1, 0.15) is 12.2 Å². The van der Waals surface area contributed by atoms with Crippen LogP contribution in [-0.2, 0) is 41.0 Å². The first-order chi connectivity index (χ1) is 16.3. The second-order valence-corrected chi connectivity index (χ2v) is 10.6. The van der Waals surface area contributed by atoms with Crippen LogP contribution in [0.4, 0.5) is 0 Å². The highest BCUT2D eigenvalue weighted by Crippen LogP contribution is 2.57. The van der Waals surface area contributed by atoms with E-state index in [1.54, 1.807) is 27.7 Å². The average molecular weight is 494 g/mol. The molecule has 2 aromatic carbocycles. The van der Waals surface area contributed by atoms with E-state index in [4.69, 9.17) is 23.3 Å². The summed E-state index contributed by atoms with van der Waals surface area (Å²) in [5.74, 6) is -2.10. The fraction of sp³-hybridized carbons (Fsp3) is 0.520. The van der Waals surface area contributed by atoms with Crippen molar-refractivity contribution in [2.24, 2.45) is 0 Å². The third-order valence-corrected chi connectivity index (χ3v) is 7.79. The predicted molar refractivity (Wildman–Crippen MR) is 128 cm³/mol. The number of nitrogens with zero attached hydrogens (tertiary/aromatic N) is 1. The maximum absolute atomic E-state index is 14.0. The lowest BCUT2D eigenvalue weighted by Crippen LogP contribution is -2.48. The highest BCUT2D eigenvalue weighted by Gasteiger charge is 2.55. The maximum atomic E-state index is 14.0. The Labute approximate surface area is 202 Å². The molecule has 8 nitrogen and oxygen atoms in total. The molecule has 0 saturated carbocycles. The number of ether oxygens (including phenoxy) is 3. The summed E-state index contributed by atoms with van der Waals surface area (Å²) in [7, 11) is -3.84. The summed E-state index contributed by atoms with van der Waals surface area (Å²) in [6.07, 6.45) is -1.44. The zero-order valence-electron chi connectivity index (χ0n) is 20.3. The van der Waals surface area contributed by atoms with Crippen molar-refractivity contribution in [3.05, 3.63) is 71.8 Å². The lowest BCUT2D eigenvalue weighted by Gasteiger charge is -2.36. The van der Waals surface area contributed by atoms with Gasteiger partial charge >= 0.3 is 7.60 Å². The summed E-state index contributed by atoms with van der Waals surface area (Å²) in [6.45, 7) is 8.00. The topological polar surface area (TPSA) is 86.7 Å². The minimum atomic E-state index is -3.84. The first kappa shape index (κ1) is 27.0. The van der Waals surface area contributed by atoms with E-state index in [2.05, 4.69) is 0 Å². The lowest BCUT2D eigenvalue weighted by molar-refractivity contribution is -0.176. The van der Waals surface area contributed by atoms with Gasteiger partial charge in [0.05, 0.1) is 26.4 Å². The van der Waals surface area contributed by atoms with Crippen LogP contribution in [0.2, 0.25) is 0 Å². The van der Waals surface area contributed by atoms with E-state index < -0.39 is 31.4 Å². The largest absolute Gasteiger partial charge is 0.374 e. The van der Waals surface area contributed by atoms with Gasteiger partial charge in [-0.2, -0.15) is 5.06 Å². The normalized spacial score (nSPS) is 21.1. The summed E-state index contributed by atoms with van der Waals surface area (Å²) in [4.78, 5) is 0. The van der Waals surface area contributed by atoms with Crippen LogP contribution < -0.4 is 0 Å². The van der Waals surface area contributed by atoms with Crippen LogP contribution in [0, 0.1) is 0 Å². The summed E-state index contributed by atoms with van der Waals surface area (Å²) < 4.78 is 43.5. The Kier molecular flexibility index (Phi) is 9.83. The van der Waals surface area contributed by atoms with E-state index in [1.165, 1.54) is 0 Å². The van der Waals surface area contributed by atoms with E-state index in [-0.39, 0.29) is 26.4 Å². The molecule has 1 heterocycles.